The summed E-state index contributed by atoms with van der Waals surface area (Å²) >= 11 is -5.52. The predicted molar refractivity (Wildman–Crippen MR) is 25.9 cm³/mol. The first-order chi connectivity index (χ1) is 2.00. The van der Waals surface area contributed by atoms with Crippen LogP contribution in [-0.4, -0.2) is 66.4 Å². The van der Waals surface area contributed by atoms with Crippen LogP contribution in [0.3, 0.4) is 0 Å². The molecule has 0 bridgehead atoms. The van der Waals surface area contributed by atoms with Gasteiger partial charge in [0.15, 0.2) is 0 Å². The molecule has 0 amide bonds. The van der Waals surface area contributed by atoms with E-state index in [-0.39, 0.29) is 40.5 Å². The van der Waals surface area contributed by atoms with E-state index in [1.165, 1.54) is 0 Å². The van der Waals surface area contributed by atoms with E-state index >= 15 is 0 Å². The molecule has 50 valence electrons. The standard InChI is InChI=1S/Na.H2O4Te.2H2O.H/c;1-5(2,3)4;;;/h;(H2,1,2,3,4);2*1H2;. The van der Waals surface area contributed by atoms with E-state index in [1.807, 2.05) is 0 Å². The van der Waals surface area contributed by atoms with Crippen molar-refractivity contribution in [1.82, 2.24) is 0 Å². The van der Waals surface area contributed by atoms with Crippen molar-refractivity contribution >= 4 is 48.5 Å². The Bertz CT molecular complexity index is 91.7. The average molecular weight is 254 g/mol. The molecule has 0 fully saturated rings. The van der Waals surface area contributed by atoms with E-state index in [0.29, 0.717) is 0 Å². The molecular formula is H7NaO6Te. The quantitative estimate of drug-likeness (QED) is 0.425. The van der Waals surface area contributed by atoms with Gasteiger partial charge in [-0.05, 0) is 0 Å². The van der Waals surface area contributed by atoms with Crippen LogP contribution in [0.1, 0.15) is 0 Å². The van der Waals surface area contributed by atoms with Crippen molar-refractivity contribution in [2.24, 2.45) is 0 Å². The normalized spacial score (nSPS) is 7.25. The summed E-state index contributed by atoms with van der Waals surface area (Å²) in [5.74, 6) is 0. The van der Waals surface area contributed by atoms with Crippen LogP contribution in [0.25, 0.3) is 0 Å². The Morgan fingerprint density at radius 2 is 1.00 bits per heavy atom. The molecule has 0 aromatic rings. The fraction of sp³-hybridized carbons (Fsp3) is 0. The van der Waals surface area contributed by atoms with E-state index in [9.17, 15) is 0 Å². The average Bonchev–Trinajstić information content (AvgIpc) is 0.722. The van der Waals surface area contributed by atoms with E-state index in [4.69, 9.17) is 13.2 Å². The van der Waals surface area contributed by atoms with Crippen LogP contribution in [0.5, 0.6) is 0 Å². The first-order valence-corrected chi connectivity index (χ1v) is 4.69. The molecular weight excluding hydrogens is 247 g/mol. The molecule has 8 heavy (non-hydrogen) atoms. The Morgan fingerprint density at radius 3 is 1.00 bits per heavy atom. The van der Waals surface area contributed by atoms with Gasteiger partial charge in [-0.25, -0.2) is 0 Å². The zero-order valence-corrected chi connectivity index (χ0v) is 5.45. The van der Waals surface area contributed by atoms with E-state index < -0.39 is 19.0 Å². The molecule has 0 radical (unpaired) electrons. The second-order valence-electron chi connectivity index (χ2n) is 0.448. The summed E-state index contributed by atoms with van der Waals surface area (Å²) in [4.78, 5) is 0. The summed E-state index contributed by atoms with van der Waals surface area (Å²) in [5, 5.41) is 0. The molecule has 0 spiro atoms. The third-order valence-corrected chi connectivity index (χ3v) is 0. The molecule has 0 atom stereocenters. The van der Waals surface area contributed by atoms with Gasteiger partial charge >= 0.3 is 61.7 Å². The minimum atomic E-state index is -5.52. The van der Waals surface area contributed by atoms with Crippen LogP contribution < -0.4 is 0 Å². The van der Waals surface area contributed by atoms with Crippen LogP contribution in [0, 0.1) is 0 Å². The summed E-state index contributed by atoms with van der Waals surface area (Å²) in [5.41, 5.74) is 0. The van der Waals surface area contributed by atoms with E-state index in [1.54, 1.807) is 0 Å². The molecule has 0 saturated heterocycles. The van der Waals surface area contributed by atoms with Gasteiger partial charge < -0.3 is 11.0 Å². The van der Waals surface area contributed by atoms with Gasteiger partial charge in [-0.15, -0.1) is 0 Å². The third-order valence-electron chi connectivity index (χ3n) is 0. The van der Waals surface area contributed by atoms with Crippen molar-refractivity contribution in [3.63, 3.8) is 0 Å². The maximum atomic E-state index is 8.85. The van der Waals surface area contributed by atoms with Crippen molar-refractivity contribution in [3.8, 4) is 0 Å². The topological polar surface area (TPSA) is 138 Å². The number of hydrogen-bond donors (Lipinski definition) is 2. The Balaban J connectivity index is -0.0000000267. The fourth-order valence-corrected chi connectivity index (χ4v) is 0. The molecule has 0 rings (SSSR count). The zero-order chi connectivity index (χ0) is 4.50. The second-order valence-corrected chi connectivity index (χ2v) is 3.00. The molecule has 0 aliphatic heterocycles. The Morgan fingerprint density at radius 1 is 1.00 bits per heavy atom. The monoisotopic (exact) mass is 256 g/mol. The predicted octanol–water partition coefficient (Wildman–Crippen LogP) is -4.03. The van der Waals surface area contributed by atoms with Gasteiger partial charge in [0.1, 0.15) is 0 Å². The van der Waals surface area contributed by atoms with Gasteiger partial charge in [-0.2, -0.15) is 0 Å². The van der Waals surface area contributed by atoms with Gasteiger partial charge in [0.25, 0.3) is 0 Å². The molecule has 0 unspecified atom stereocenters. The molecule has 0 aromatic carbocycles. The van der Waals surface area contributed by atoms with Crippen molar-refractivity contribution in [3.05, 3.63) is 0 Å². The van der Waals surface area contributed by atoms with Crippen LogP contribution in [0.15, 0.2) is 0 Å². The van der Waals surface area contributed by atoms with Crippen LogP contribution >= 0.6 is 0 Å². The summed E-state index contributed by atoms with van der Waals surface area (Å²) in [6, 6.07) is 0. The molecule has 0 aliphatic carbocycles. The first kappa shape index (κ1) is 22.9. The fourth-order valence-electron chi connectivity index (χ4n) is 0. The van der Waals surface area contributed by atoms with E-state index in [0.717, 1.165) is 0 Å². The number of rotatable bonds is 0. The van der Waals surface area contributed by atoms with Gasteiger partial charge in [-0.1, -0.05) is 0 Å². The zero-order valence-electron chi connectivity index (χ0n) is 3.12. The van der Waals surface area contributed by atoms with Gasteiger partial charge in [0.2, 0.25) is 0 Å². The number of hydrogen-bond acceptors (Lipinski definition) is 2. The van der Waals surface area contributed by atoms with Crippen molar-refractivity contribution < 1.29 is 24.1 Å². The van der Waals surface area contributed by atoms with Gasteiger partial charge in [-0.3, -0.25) is 0 Å². The summed E-state index contributed by atoms with van der Waals surface area (Å²) in [6.45, 7) is 0. The van der Waals surface area contributed by atoms with Crippen molar-refractivity contribution in [2.45, 2.75) is 0 Å². The maximum absolute atomic E-state index is 8.85. The Hall–Kier alpha value is 1.23. The van der Waals surface area contributed by atoms with Crippen molar-refractivity contribution in [2.75, 3.05) is 0 Å². The first-order valence-electron chi connectivity index (χ1n) is 0.698. The summed E-state index contributed by atoms with van der Waals surface area (Å²) in [7, 11) is 0. The molecule has 6 N–H and O–H groups in total. The van der Waals surface area contributed by atoms with E-state index in [2.05, 4.69) is 0 Å². The Labute approximate surface area is 72.1 Å². The molecule has 6 nitrogen and oxygen atoms in total. The Kier molecular flexibility index (Phi) is 23.5. The van der Waals surface area contributed by atoms with Gasteiger partial charge in [0, 0.05) is 0 Å². The molecule has 0 aromatic heterocycles. The van der Waals surface area contributed by atoms with Gasteiger partial charge in [0.05, 0.1) is 0 Å². The minimum absolute atomic E-state index is 0. The molecule has 0 aliphatic rings. The molecule has 0 saturated carbocycles. The molecule has 0 heterocycles. The second kappa shape index (κ2) is 8.23. The summed E-state index contributed by atoms with van der Waals surface area (Å²) < 4.78 is 32.0. The third kappa shape index (κ3) is 186. The SMILES string of the molecule is O.O.O=[Te](=O)(O)O.[NaH]. The van der Waals surface area contributed by atoms with Crippen LogP contribution in [0.4, 0.5) is 0 Å². The van der Waals surface area contributed by atoms with Crippen molar-refractivity contribution in [1.29, 1.82) is 0 Å². The van der Waals surface area contributed by atoms with Crippen LogP contribution in [0.2, 0.25) is 0 Å². The van der Waals surface area contributed by atoms with Crippen LogP contribution in [-0.2, 0) is 6.21 Å². The summed E-state index contributed by atoms with van der Waals surface area (Å²) in [6.07, 6.45) is 0. The molecule has 8 heteroatoms.